The summed E-state index contributed by atoms with van der Waals surface area (Å²) in [5, 5.41) is 4.50. The van der Waals surface area contributed by atoms with Crippen LogP contribution in [0.4, 0.5) is 11.9 Å². The Balaban J connectivity index is 2.28. The molecule has 100 valence electrons. The first-order valence-electron chi connectivity index (χ1n) is 5.80. The minimum absolute atomic E-state index is 0.567. The van der Waals surface area contributed by atoms with Gasteiger partial charge in [-0.05, 0) is 24.8 Å². The molecular formula is C11H15N7S. The van der Waals surface area contributed by atoms with E-state index < -0.39 is 0 Å². The van der Waals surface area contributed by atoms with E-state index in [2.05, 4.69) is 30.2 Å². The average molecular weight is 277 g/mol. The fraction of sp³-hybridized carbons (Fsp3) is 0.364. The van der Waals surface area contributed by atoms with Gasteiger partial charge in [-0.3, -0.25) is 0 Å². The molecule has 2 rings (SSSR count). The second-order valence-electron chi connectivity index (χ2n) is 3.82. The number of nitrogens with one attached hydrogen (secondary N) is 1. The summed E-state index contributed by atoms with van der Waals surface area (Å²) in [6, 6.07) is 1.82. The number of anilines is 2. The fourth-order valence-corrected chi connectivity index (χ4v) is 1.94. The van der Waals surface area contributed by atoms with Crippen molar-refractivity contribution < 1.29 is 0 Å². The first-order valence-corrected chi connectivity index (χ1v) is 6.62. The van der Waals surface area contributed by atoms with Crippen LogP contribution in [0.2, 0.25) is 0 Å². The highest BCUT2D eigenvalue weighted by molar-refractivity contribution is 7.99. The average Bonchev–Trinajstić information content (AvgIpc) is 2.40. The maximum atomic E-state index is 4.38. The van der Waals surface area contributed by atoms with Gasteiger partial charge in [0.1, 0.15) is 11.4 Å². The van der Waals surface area contributed by atoms with Crippen molar-refractivity contribution in [1.29, 1.82) is 0 Å². The first-order chi connectivity index (χ1) is 9.19. The van der Waals surface area contributed by atoms with Gasteiger partial charge in [0, 0.05) is 26.8 Å². The summed E-state index contributed by atoms with van der Waals surface area (Å²) in [5.74, 6) is 1.18. The summed E-state index contributed by atoms with van der Waals surface area (Å²) in [6.07, 6.45) is 3.19. The molecular weight excluding hydrogens is 262 g/mol. The molecule has 2 aromatic heterocycles. The zero-order valence-corrected chi connectivity index (χ0v) is 11.8. The molecule has 0 aliphatic heterocycles. The molecule has 0 saturated heterocycles. The minimum Gasteiger partial charge on any atom is -0.354 e. The van der Waals surface area contributed by atoms with E-state index in [1.54, 1.807) is 6.20 Å². The van der Waals surface area contributed by atoms with Gasteiger partial charge >= 0.3 is 0 Å². The number of aromatic nitrogens is 5. The SMILES string of the molecule is CCNc1nc(Sc2ccncn2)nc(N(C)C)n1. The van der Waals surface area contributed by atoms with Crippen molar-refractivity contribution in [2.24, 2.45) is 0 Å². The summed E-state index contributed by atoms with van der Waals surface area (Å²) in [6.45, 7) is 2.75. The summed E-state index contributed by atoms with van der Waals surface area (Å²) in [7, 11) is 3.79. The first kappa shape index (κ1) is 13.5. The Morgan fingerprint density at radius 3 is 2.74 bits per heavy atom. The molecule has 0 aromatic carbocycles. The van der Waals surface area contributed by atoms with E-state index in [-0.39, 0.29) is 0 Å². The van der Waals surface area contributed by atoms with Crippen LogP contribution < -0.4 is 10.2 Å². The zero-order chi connectivity index (χ0) is 13.7. The Morgan fingerprint density at radius 1 is 1.26 bits per heavy atom. The molecule has 1 N–H and O–H groups in total. The predicted molar refractivity (Wildman–Crippen MR) is 74.5 cm³/mol. The molecule has 0 amide bonds. The van der Waals surface area contributed by atoms with Crippen LogP contribution in [0.3, 0.4) is 0 Å². The molecule has 0 spiro atoms. The third-order valence-electron chi connectivity index (χ3n) is 2.09. The van der Waals surface area contributed by atoms with Crippen molar-refractivity contribution >= 4 is 23.7 Å². The molecule has 0 saturated carbocycles. The van der Waals surface area contributed by atoms with Gasteiger partial charge in [0.05, 0.1) is 0 Å². The van der Waals surface area contributed by atoms with E-state index in [1.165, 1.54) is 18.1 Å². The van der Waals surface area contributed by atoms with Crippen LogP contribution in [-0.4, -0.2) is 45.6 Å². The second kappa shape index (κ2) is 6.28. The molecule has 2 heterocycles. The van der Waals surface area contributed by atoms with Crippen molar-refractivity contribution in [3.8, 4) is 0 Å². The smallest absolute Gasteiger partial charge is 0.230 e. The van der Waals surface area contributed by atoms with Gasteiger partial charge in [-0.1, -0.05) is 0 Å². The van der Waals surface area contributed by atoms with Crippen molar-refractivity contribution in [3.05, 3.63) is 18.6 Å². The Morgan fingerprint density at radius 2 is 2.11 bits per heavy atom. The number of rotatable bonds is 5. The van der Waals surface area contributed by atoms with Crippen LogP contribution in [0.15, 0.2) is 28.8 Å². The molecule has 0 radical (unpaired) electrons. The number of hydrogen-bond donors (Lipinski definition) is 1. The molecule has 0 bridgehead atoms. The minimum atomic E-state index is 0.567. The largest absolute Gasteiger partial charge is 0.354 e. The van der Waals surface area contributed by atoms with E-state index in [0.717, 1.165) is 11.6 Å². The topological polar surface area (TPSA) is 79.7 Å². The number of hydrogen-bond acceptors (Lipinski definition) is 8. The third kappa shape index (κ3) is 3.75. The Kier molecular flexibility index (Phi) is 4.45. The van der Waals surface area contributed by atoms with Crippen LogP contribution >= 0.6 is 11.8 Å². The van der Waals surface area contributed by atoms with Gasteiger partial charge in [-0.15, -0.1) is 0 Å². The highest BCUT2D eigenvalue weighted by Gasteiger charge is 2.09. The summed E-state index contributed by atoms with van der Waals surface area (Å²) >= 11 is 1.38. The summed E-state index contributed by atoms with van der Waals surface area (Å²) in [5.41, 5.74) is 0. The van der Waals surface area contributed by atoms with Crippen LogP contribution in [0.25, 0.3) is 0 Å². The molecule has 0 atom stereocenters. The van der Waals surface area contributed by atoms with Gasteiger partial charge in [0.15, 0.2) is 0 Å². The highest BCUT2D eigenvalue weighted by atomic mass is 32.2. The van der Waals surface area contributed by atoms with Gasteiger partial charge < -0.3 is 10.2 Å². The zero-order valence-electron chi connectivity index (χ0n) is 11.0. The highest BCUT2D eigenvalue weighted by Crippen LogP contribution is 2.23. The van der Waals surface area contributed by atoms with Crippen LogP contribution in [0, 0.1) is 0 Å². The van der Waals surface area contributed by atoms with E-state index in [4.69, 9.17) is 0 Å². The van der Waals surface area contributed by atoms with Crippen molar-refractivity contribution in [2.45, 2.75) is 17.1 Å². The quantitative estimate of drug-likeness (QED) is 0.819. The maximum absolute atomic E-state index is 4.38. The molecule has 7 nitrogen and oxygen atoms in total. The lowest BCUT2D eigenvalue weighted by Gasteiger charge is -2.12. The lowest BCUT2D eigenvalue weighted by Crippen LogP contribution is -2.15. The Hall–Kier alpha value is -1.96. The predicted octanol–water partition coefficient (Wildman–Crippen LogP) is 1.31. The van der Waals surface area contributed by atoms with E-state index in [9.17, 15) is 0 Å². The fourth-order valence-electron chi connectivity index (χ4n) is 1.26. The van der Waals surface area contributed by atoms with Crippen molar-refractivity contribution in [1.82, 2.24) is 24.9 Å². The van der Waals surface area contributed by atoms with Crippen molar-refractivity contribution in [3.63, 3.8) is 0 Å². The van der Waals surface area contributed by atoms with Crippen LogP contribution in [0.5, 0.6) is 0 Å². The molecule has 0 aliphatic carbocycles. The molecule has 8 heteroatoms. The number of nitrogens with zero attached hydrogens (tertiary/aromatic N) is 6. The maximum Gasteiger partial charge on any atom is 0.230 e. The third-order valence-corrected chi connectivity index (χ3v) is 2.90. The van der Waals surface area contributed by atoms with Crippen molar-refractivity contribution in [2.75, 3.05) is 30.9 Å². The molecule has 2 aromatic rings. The molecule has 0 fully saturated rings. The normalized spacial score (nSPS) is 10.3. The van der Waals surface area contributed by atoms with Gasteiger partial charge in [0.25, 0.3) is 0 Å². The van der Waals surface area contributed by atoms with E-state index >= 15 is 0 Å². The van der Waals surface area contributed by atoms with Gasteiger partial charge in [-0.2, -0.15) is 15.0 Å². The van der Waals surface area contributed by atoms with Crippen LogP contribution in [-0.2, 0) is 0 Å². The standard InChI is InChI=1S/C11H15N7S/c1-4-13-9-15-10(18(2)3)17-11(16-9)19-8-5-6-12-7-14-8/h5-7H,4H2,1-3H3,(H,13,15,16,17). The summed E-state index contributed by atoms with van der Waals surface area (Å²) < 4.78 is 0. The Labute approximate surface area is 115 Å². The van der Waals surface area contributed by atoms with Gasteiger partial charge in [-0.25, -0.2) is 9.97 Å². The lowest BCUT2D eigenvalue weighted by molar-refractivity contribution is 0.861. The monoisotopic (exact) mass is 277 g/mol. The van der Waals surface area contributed by atoms with E-state index in [1.807, 2.05) is 32.0 Å². The van der Waals surface area contributed by atoms with Crippen LogP contribution in [0.1, 0.15) is 6.92 Å². The Bertz CT molecular complexity index is 532. The molecule has 0 unspecified atom stereocenters. The van der Waals surface area contributed by atoms with E-state index in [0.29, 0.717) is 17.1 Å². The molecule has 0 aliphatic rings. The summed E-state index contributed by atoms with van der Waals surface area (Å²) in [4.78, 5) is 22.9. The molecule has 19 heavy (non-hydrogen) atoms. The second-order valence-corrected chi connectivity index (χ2v) is 4.80. The lowest BCUT2D eigenvalue weighted by atomic mass is 10.7. The van der Waals surface area contributed by atoms with Gasteiger partial charge in [0.2, 0.25) is 17.1 Å².